The zero-order valence-electron chi connectivity index (χ0n) is 10.1. The van der Waals surface area contributed by atoms with Crippen molar-refractivity contribution in [1.29, 1.82) is 0 Å². The highest BCUT2D eigenvalue weighted by Gasteiger charge is 2.23. The first-order chi connectivity index (χ1) is 7.56. The molecule has 0 saturated heterocycles. The van der Waals surface area contributed by atoms with Gasteiger partial charge >= 0.3 is 0 Å². The van der Waals surface area contributed by atoms with Gasteiger partial charge in [-0.1, -0.05) is 51.1 Å². The van der Waals surface area contributed by atoms with E-state index in [0.717, 1.165) is 17.4 Å². The molecule has 0 saturated carbocycles. The van der Waals surface area contributed by atoms with Crippen molar-refractivity contribution in [3.63, 3.8) is 0 Å². The van der Waals surface area contributed by atoms with E-state index >= 15 is 0 Å². The van der Waals surface area contributed by atoms with E-state index in [-0.39, 0.29) is 5.41 Å². The van der Waals surface area contributed by atoms with Gasteiger partial charge in [-0.15, -0.1) is 0 Å². The third kappa shape index (κ3) is 1.67. The predicted molar refractivity (Wildman–Crippen MR) is 68.9 cm³/mol. The molecule has 0 unspecified atom stereocenters. The molecule has 2 rings (SSSR count). The minimum Gasteiger partial charge on any atom is -0.508 e. The van der Waals surface area contributed by atoms with Gasteiger partial charge in [0.05, 0.1) is 0 Å². The summed E-state index contributed by atoms with van der Waals surface area (Å²) < 4.78 is 0. The Bertz CT molecular complexity index is 512. The Hall–Kier alpha value is -1.50. The van der Waals surface area contributed by atoms with E-state index in [2.05, 4.69) is 32.9 Å². The Kier molecular flexibility index (Phi) is 2.63. The smallest absolute Gasteiger partial charge is 0.119 e. The molecule has 0 radical (unpaired) electrons. The van der Waals surface area contributed by atoms with Crippen molar-refractivity contribution in [1.82, 2.24) is 0 Å². The van der Waals surface area contributed by atoms with Gasteiger partial charge in [0.1, 0.15) is 5.75 Å². The van der Waals surface area contributed by atoms with Crippen LogP contribution in [0.4, 0.5) is 0 Å². The van der Waals surface area contributed by atoms with Gasteiger partial charge in [-0.25, -0.2) is 0 Å². The molecule has 1 nitrogen and oxygen atoms in total. The molecular formula is C15H18O. The van der Waals surface area contributed by atoms with Crippen LogP contribution in [0.15, 0.2) is 36.4 Å². The highest BCUT2D eigenvalue weighted by Crippen LogP contribution is 2.38. The number of phenols is 1. The molecule has 0 aliphatic heterocycles. The van der Waals surface area contributed by atoms with Crippen LogP contribution in [0.5, 0.6) is 5.75 Å². The van der Waals surface area contributed by atoms with Gasteiger partial charge in [0.2, 0.25) is 0 Å². The van der Waals surface area contributed by atoms with E-state index in [0.29, 0.717) is 5.75 Å². The Morgan fingerprint density at radius 3 is 2.44 bits per heavy atom. The standard InChI is InChI=1S/C15H18O/c1-4-15(2,3)14-12-8-6-5-7-11(12)9-10-13(14)16/h5-10,16H,4H2,1-3H3. The maximum absolute atomic E-state index is 10.1. The summed E-state index contributed by atoms with van der Waals surface area (Å²) in [4.78, 5) is 0. The Labute approximate surface area is 96.7 Å². The number of rotatable bonds is 2. The third-order valence-electron chi connectivity index (χ3n) is 3.47. The first-order valence-corrected chi connectivity index (χ1v) is 5.77. The minimum absolute atomic E-state index is 0.00491. The van der Waals surface area contributed by atoms with Crippen molar-refractivity contribution < 1.29 is 5.11 Å². The molecule has 2 aromatic carbocycles. The van der Waals surface area contributed by atoms with Gasteiger partial charge in [-0.05, 0) is 28.7 Å². The molecule has 0 heterocycles. The van der Waals surface area contributed by atoms with Crippen LogP contribution in [-0.4, -0.2) is 5.11 Å². The number of aromatic hydroxyl groups is 1. The molecule has 2 aromatic rings. The van der Waals surface area contributed by atoms with E-state index in [1.54, 1.807) is 6.07 Å². The van der Waals surface area contributed by atoms with E-state index in [4.69, 9.17) is 0 Å². The molecule has 0 amide bonds. The summed E-state index contributed by atoms with van der Waals surface area (Å²) >= 11 is 0. The molecule has 0 bridgehead atoms. The second-order valence-corrected chi connectivity index (χ2v) is 4.92. The van der Waals surface area contributed by atoms with Gasteiger partial charge in [-0.2, -0.15) is 0 Å². The van der Waals surface area contributed by atoms with Gasteiger partial charge in [0, 0.05) is 5.56 Å². The monoisotopic (exact) mass is 214 g/mol. The average molecular weight is 214 g/mol. The Balaban J connectivity index is 2.81. The van der Waals surface area contributed by atoms with E-state index in [1.807, 2.05) is 18.2 Å². The SMILES string of the molecule is CCC(C)(C)c1c(O)ccc2ccccc12. The summed E-state index contributed by atoms with van der Waals surface area (Å²) in [5.41, 5.74) is 1.07. The number of fused-ring (bicyclic) bond motifs is 1. The molecule has 0 aliphatic rings. The first kappa shape index (κ1) is 11.0. The molecule has 1 N–H and O–H groups in total. The van der Waals surface area contributed by atoms with Crippen LogP contribution >= 0.6 is 0 Å². The molecule has 0 spiro atoms. The zero-order chi connectivity index (χ0) is 11.8. The predicted octanol–water partition coefficient (Wildman–Crippen LogP) is 4.23. The molecule has 0 fully saturated rings. The van der Waals surface area contributed by atoms with Crippen molar-refractivity contribution in [2.75, 3.05) is 0 Å². The van der Waals surface area contributed by atoms with Gasteiger partial charge < -0.3 is 5.11 Å². The Morgan fingerprint density at radius 1 is 1.06 bits per heavy atom. The Morgan fingerprint density at radius 2 is 1.75 bits per heavy atom. The zero-order valence-corrected chi connectivity index (χ0v) is 10.1. The van der Waals surface area contributed by atoms with Gasteiger partial charge in [0.15, 0.2) is 0 Å². The second kappa shape index (κ2) is 3.82. The maximum Gasteiger partial charge on any atom is 0.119 e. The molecular weight excluding hydrogens is 196 g/mol. The van der Waals surface area contributed by atoms with E-state index < -0.39 is 0 Å². The van der Waals surface area contributed by atoms with Crippen molar-refractivity contribution in [3.05, 3.63) is 42.0 Å². The van der Waals surface area contributed by atoms with E-state index in [1.165, 1.54) is 5.39 Å². The van der Waals surface area contributed by atoms with Crippen molar-refractivity contribution in [3.8, 4) is 5.75 Å². The normalized spacial score (nSPS) is 11.9. The van der Waals surface area contributed by atoms with Crippen LogP contribution in [0.2, 0.25) is 0 Å². The van der Waals surface area contributed by atoms with Crippen LogP contribution < -0.4 is 0 Å². The second-order valence-electron chi connectivity index (χ2n) is 4.92. The minimum atomic E-state index is 0.00491. The fraction of sp³-hybridized carbons (Fsp3) is 0.333. The number of benzene rings is 2. The summed E-state index contributed by atoms with van der Waals surface area (Å²) in [6.45, 7) is 6.50. The van der Waals surface area contributed by atoms with E-state index in [9.17, 15) is 5.11 Å². The van der Waals surface area contributed by atoms with Crippen LogP contribution in [0.1, 0.15) is 32.8 Å². The molecule has 84 valence electrons. The topological polar surface area (TPSA) is 20.2 Å². The number of hydrogen-bond acceptors (Lipinski definition) is 1. The lowest BCUT2D eigenvalue weighted by Crippen LogP contribution is -2.16. The number of phenolic OH excluding ortho intramolecular Hbond substituents is 1. The molecule has 0 aliphatic carbocycles. The molecule has 0 atom stereocenters. The summed E-state index contributed by atoms with van der Waals surface area (Å²) in [6, 6.07) is 12.0. The fourth-order valence-electron chi connectivity index (χ4n) is 2.15. The molecule has 1 heteroatoms. The van der Waals surface area contributed by atoms with Crippen LogP contribution in [0, 0.1) is 0 Å². The highest BCUT2D eigenvalue weighted by molar-refractivity contribution is 5.88. The molecule has 0 aromatic heterocycles. The van der Waals surface area contributed by atoms with Crippen molar-refractivity contribution in [2.45, 2.75) is 32.6 Å². The highest BCUT2D eigenvalue weighted by atomic mass is 16.3. The summed E-state index contributed by atoms with van der Waals surface area (Å²) in [6.07, 6.45) is 1.01. The van der Waals surface area contributed by atoms with Gasteiger partial charge in [-0.3, -0.25) is 0 Å². The lowest BCUT2D eigenvalue weighted by atomic mass is 9.79. The average Bonchev–Trinajstić information content (AvgIpc) is 2.28. The third-order valence-corrected chi connectivity index (χ3v) is 3.47. The van der Waals surface area contributed by atoms with Gasteiger partial charge in [0.25, 0.3) is 0 Å². The number of hydrogen-bond donors (Lipinski definition) is 1. The van der Waals surface area contributed by atoms with Crippen LogP contribution in [-0.2, 0) is 5.41 Å². The largest absolute Gasteiger partial charge is 0.508 e. The van der Waals surface area contributed by atoms with Crippen molar-refractivity contribution >= 4 is 10.8 Å². The maximum atomic E-state index is 10.1. The van der Waals surface area contributed by atoms with Crippen molar-refractivity contribution in [2.24, 2.45) is 0 Å². The summed E-state index contributed by atoms with van der Waals surface area (Å²) in [5.74, 6) is 0.408. The summed E-state index contributed by atoms with van der Waals surface area (Å²) in [7, 11) is 0. The fourth-order valence-corrected chi connectivity index (χ4v) is 2.15. The summed E-state index contributed by atoms with van der Waals surface area (Å²) in [5, 5.41) is 12.4. The van der Waals surface area contributed by atoms with Crippen LogP contribution in [0.3, 0.4) is 0 Å². The quantitative estimate of drug-likeness (QED) is 0.793. The van der Waals surface area contributed by atoms with Crippen LogP contribution in [0.25, 0.3) is 10.8 Å². The molecule has 16 heavy (non-hydrogen) atoms. The first-order valence-electron chi connectivity index (χ1n) is 5.77. The lowest BCUT2D eigenvalue weighted by Gasteiger charge is -2.26. The lowest BCUT2D eigenvalue weighted by molar-refractivity contribution is 0.432.